The van der Waals surface area contributed by atoms with Crippen LogP contribution in [-0.2, 0) is 10.2 Å². The second-order valence-electron chi connectivity index (χ2n) is 3.85. The lowest BCUT2D eigenvalue weighted by Gasteiger charge is -2.25. The highest BCUT2D eigenvalue weighted by Crippen LogP contribution is 2.29. The monoisotopic (exact) mass is 190 g/mol. The molecule has 0 amide bonds. The molecule has 1 rings (SSSR count). The largest absolute Gasteiger partial charge is 0.302 e. The first-order valence-electron chi connectivity index (χ1n) is 5.22. The van der Waals surface area contributed by atoms with Crippen LogP contribution >= 0.6 is 0 Å². The first-order valence-corrected chi connectivity index (χ1v) is 5.22. The number of carbonyl (C=O) groups excluding carboxylic acids is 1. The molecule has 0 radical (unpaired) electrons. The maximum atomic E-state index is 11.2. The lowest BCUT2D eigenvalue weighted by Crippen LogP contribution is -2.25. The highest BCUT2D eigenvalue weighted by atomic mass is 16.1. The minimum atomic E-state index is -0.270. The molecule has 14 heavy (non-hydrogen) atoms. The van der Waals surface area contributed by atoms with E-state index in [1.54, 1.807) is 0 Å². The average molecular weight is 190 g/mol. The van der Waals surface area contributed by atoms with E-state index in [0.717, 1.165) is 24.7 Å². The van der Waals surface area contributed by atoms with Crippen molar-refractivity contribution in [1.82, 2.24) is 0 Å². The van der Waals surface area contributed by atoms with Crippen LogP contribution in [0.1, 0.15) is 37.8 Å². The lowest BCUT2D eigenvalue weighted by atomic mass is 9.77. The quantitative estimate of drug-likeness (QED) is 0.666. The van der Waals surface area contributed by atoms with Gasteiger partial charge in [0.2, 0.25) is 0 Å². The van der Waals surface area contributed by atoms with Crippen molar-refractivity contribution in [1.29, 1.82) is 0 Å². The summed E-state index contributed by atoms with van der Waals surface area (Å²) in [5.74, 6) is 0. The molecule has 76 valence electrons. The molecule has 1 nitrogen and oxygen atoms in total. The summed E-state index contributed by atoms with van der Waals surface area (Å²) in [5, 5.41) is 0. The Labute approximate surface area is 86.1 Å². The molecule has 0 saturated carbocycles. The van der Waals surface area contributed by atoms with Crippen molar-refractivity contribution in [2.24, 2.45) is 0 Å². The first kappa shape index (κ1) is 11.0. The molecule has 0 N–H and O–H groups in total. The molecule has 0 heterocycles. The summed E-state index contributed by atoms with van der Waals surface area (Å²) in [6.07, 6.45) is 2.84. The van der Waals surface area contributed by atoms with E-state index in [1.807, 2.05) is 0 Å². The predicted molar refractivity (Wildman–Crippen MR) is 59.5 cm³/mol. The first-order chi connectivity index (χ1) is 6.68. The van der Waals surface area contributed by atoms with E-state index in [1.165, 1.54) is 5.56 Å². The minimum absolute atomic E-state index is 0.270. The van der Waals surface area contributed by atoms with Crippen molar-refractivity contribution in [2.45, 2.75) is 39.0 Å². The van der Waals surface area contributed by atoms with Crippen LogP contribution in [-0.4, -0.2) is 6.29 Å². The van der Waals surface area contributed by atoms with Crippen molar-refractivity contribution < 1.29 is 4.79 Å². The van der Waals surface area contributed by atoms with E-state index >= 15 is 0 Å². The Morgan fingerprint density at radius 1 is 1.14 bits per heavy atom. The van der Waals surface area contributed by atoms with Gasteiger partial charge in [0.05, 0.1) is 5.41 Å². The summed E-state index contributed by atoms with van der Waals surface area (Å²) in [5.41, 5.74) is 2.11. The predicted octanol–water partition coefficient (Wildman–Crippen LogP) is 3.25. The molecule has 0 aliphatic heterocycles. The van der Waals surface area contributed by atoms with E-state index in [4.69, 9.17) is 0 Å². The van der Waals surface area contributed by atoms with Gasteiger partial charge in [0.1, 0.15) is 6.29 Å². The number of aldehydes is 1. The van der Waals surface area contributed by atoms with Crippen LogP contribution in [0.25, 0.3) is 0 Å². The number of aryl methyl sites for hydroxylation is 1. The van der Waals surface area contributed by atoms with Gasteiger partial charge in [-0.25, -0.2) is 0 Å². The van der Waals surface area contributed by atoms with Gasteiger partial charge in [0.25, 0.3) is 0 Å². The van der Waals surface area contributed by atoms with Gasteiger partial charge < -0.3 is 4.79 Å². The second-order valence-corrected chi connectivity index (χ2v) is 3.85. The van der Waals surface area contributed by atoms with Crippen molar-refractivity contribution in [3.63, 3.8) is 0 Å². The zero-order chi connectivity index (χ0) is 10.6. The summed E-state index contributed by atoms with van der Waals surface area (Å²) in [6.45, 7) is 6.19. The molecule has 1 heteroatoms. The molecule has 1 aromatic rings. The SMILES string of the molecule is CCC(C=O)(CC)c1ccc(C)cc1. The number of hydrogen-bond acceptors (Lipinski definition) is 1. The van der Waals surface area contributed by atoms with Gasteiger partial charge in [-0.3, -0.25) is 0 Å². The highest BCUT2D eigenvalue weighted by Gasteiger charge is 2.27. The molecular formula is C13H18O. The third kappa shape index (κ3) is 1.87. The smallest absolute Gasteiger partial charge is 0.130 e. The molecule has 0 fully saturated rings. The zero-order valence-electron chi connectivity index (χ0n) is 9.21. The molecule has 0 aliphatic carbocycles. The Balaban J connectivity index is 3.11. The topological polar surface area (TPSA) is 17.1 Å². The minimum Gasteiger partial charge on any atom is -0.302 e. The van der Waals surface area contributed by atoms with Crippen LogP contribution < -0.4 is 0 Å². The van der Waals surface area contributed by atoms with Crippen LogP contribution in [0.15, 0.2) is 24.3 Å². The third-order valence-corrected chi connectivity index (χ3v) is 3.11. The molecule has 0 saturated heterocycles. The molecule has 1 aromatic carbocycles. The Kier molecular flexibility index (Phi) is 3.45. The fourth-order valence-electron chi connectivity index (χ4n) is 1.78. The molecule has 0 atom stereocenters. The number of carbonyl (C=O) groups is 1. The average Bonchev–Trinajstić information content (AvgIpc) is 2.24. The highest BCUT2D eigenvalue weighted by molar-refractivity contribution is 5.68. The van der Waals surface area contributed by atoms with E-state index in [-0.39, 0.29) is 5.41 Å². The van der Waals surface area contributed by atoms with Gasteiger partial charge in [0.15, 0.2) is 0 Å². The fraction of sp³-hybridized carbons (Fsp3) is 0.462. The van der Waals surface area contributed by atoms with E-state index in [0.29, 0.717) is 0 Å². The Morgan fingerprint density at radius 3 is 2.00 bits per heavy atom. The van der Waals surface area contributed by atoms with Crippen LogP contribution in [0.2, 0.25) is 0 Å². The molecule has 0 unspecified atom stereocenters. The third-order valence-electron chi connectivity index (χ3n) is 3.11. The lowest BCUT2D eigenvalue weighted by molar-refractivity contribution is -0.112. The standard InChI is InChI=1S/C13H18O/c1-4-13(5-2,10-14)12-8-6-11(3)7-9-12/h6-10H,4-5H2,1-3H3. The van der Waals surface area contributed by atoms with Gasteiger partial charge in [0, 0.05) is 0 Å². The van der Waals surface area contributed by atoms with Gasteiger partial charge in [-0.05, 0) is 25.3 Å². The summed E-state index contributed by atoms with van der Waals surface area (Å²) in [6, 6.07) is 8.27. The van der Waals surface area contributed by atoms with Gasteiger partial charge in [-0.2, -0.15) is 0 Å². The molecule has 0 spiro atoms. The van der Waals surface area contributed by atoms with Gasteiger partial charge >= 0.3 is 0 Å². The van der Waals surface area contributed by atoms with Crippen LogP contribution in [0.5, 0.6) is 0 Å². The molecule has 0 aromatic heterocycles. The maximum Gasteiger partial charge on any atom is 0.130 e. The van der Waals surface area contributed by atoms with Crippen molar-refractivity contribution in [3.05, 3.63) is 35.4 Å². The van der Waals surface area contributed by atoms with Crippen molar-refractivity contribution >= 4 is 6.29 Å². The summed E-state index contributed by atoms with van der Waals surface area (Å²) in [4.78, 5) is 11.2. The van der Waals surface area contributed by atoms with Gasteiger partial charge in [-0.1, -0.05) is 43.7 Å². The second kappa shape index (κ2) is 4.41. The Hall–Kier alpha value is -1.11. The fourth-order valence-corrected chi connectivity index (χ4v) is 1.78. The Bertz CT molecular complexity index is 294. The van der Waals surface area contributed by atoms with E-state index in [2.05, 4.69) is 45.0 Å². The van der Waals surface area contributed by atoms with Gasteiger partial charge in [-0.15, -0.1) is 0 Å². The normalized spacial score (nSPS) is 11.4. The van der Waals surface area contributed by atoms with Crippen LogP contribution in [0.3, 0.4) is 0 Å². The van der Waals surface area contributed by atoms with Crippen LogP contribution in [0.4, 0.5) is 0 Å². The zero-order valence-corrected chi connectivity index (χ0v) is 9.21. The van der Waals surface area contributed by atoms with Crippen LogP contribution in [0, 0.1) is 6.92 Å². The molecule has 0 aliphatic rings. The number of benzene rings is 1. The summed E-state index contributed by atoms with van der Waals surface area (Å²) >= 11 is 0. The van der Waals surface area contributed by atoms with E-state index in [9.17, 15) is 4.79 Å². The molecule has 0 bridgehead atoms. The summed E-state index contributed by atoms with van der Waals surface area (Å²) < 4.78 is 0. The summed E-state index contributed by atoms with van der Waals surface area (Å²) in [7, 11) is 0. The Morgan fingerprint density at radius 2 is 1.64 bits per heavy atom. The molecular weight excluding hydrogens is 172 g/mol. The van der Waals surface area contributed by atoms with Crippen molar-refractivity contribution in [3.8, 4) is 0 Å². The van der Waals surface area contributed by atoms with E-state index < -0.39 is 0 Å². The van der Waals surface area contributed by atoms with Crippen molar-refractivity contribution in [2.75, 3.05) is 0 Å². The number of rotatable bonds is 4. The maximum absolute atomic E-state index is 11.2. The number of hydrogen-bond donors (Lipinski definition) is 0.